The Balaban J connectivity index is 0.000000224. The van der Waals surface area contributed by atoms with Gasteiger partial charge in [0.05, 0.1) is 26.9 Å². The number of benzene rings is 3. The van der Waals surface area contributed by atoms with Gasteiger partial charge in [0.15, 0.2) is 17.1 Å². The van der Waals surface area contributed by atoms with Crippen molar-refractivity contribution < 1.29 is 43.2 Å². The summed E-state index contributed by atoms with van der Waals surface area (Å²) >= 11 is 0. The van der Waals surface area contributed by atoms with Crippen molar-refractivity contribution in [3.05, 3.63) is 130 Å². The molecule has 0 radical (unpaired) electrons. The molecule has 1 aromatic heterocycles. The van der Waals surface area contributed by atoms with E-state index in [-0.39, 0.29) is 45.9 Å². The number of ketones is 2. The minimum absolute atomic E-state index is 0.00458. The molecule has 2 N–H and O–H groups in total. The second-order valence-electron chi connectivity index (χ2n) is 13.2. The first-order chi connectivity index (χ1) is 25.2. The summed E-state index contributed by atoms with van der Waals surface area (Å²) in [6.45, 7) is 11.7. The van der Waals surface area contributed by atoms with Gasteiger partial charge >= 0.3 is 5.63 Å². The molecule has 0 amide bonds. The number of carbonyl (C=O) groups is 2. The molecule has 6 rings (SSSR count). The van der Waals surface area contributed by atoms with Gasteiger partial charge in [-0.3, -0.25) is 9.59 Å². The number of aromatic hydroxyl groups is 2. The molecule has 0 bridgehead atoms. The lowest BCUT2D eigenvalue weighted by atomic mass is 9.85. The van der Waals surface area contributed by atoms with Crippen LogP contribution in [0.3, 0.4) is 0 Å². The second-order valence-corrected chi connectivity index (χ2v) is 13.2. The molecule has 4 aromatic rings. The van der Waals surface area contributed by atoms with E-state index in [0.29, 0.717) is 40.0 Å². The molecule has 2 aliphatic rings. The Morgan fingerprint density at radius 2 is 1.58 bits per heavy atom. The highest BCUT2D eigenvalue weighted by atomic mass is 16.5. The number of hydrogen-bond acceptors (Lipinski definition) is 10. The van der Waals surface area contributed by atoms with E-state index >= 15 is 0 Å². The zero-order valence-corrected chi connectivity index (χ0v) is 30.7. The number of phenolic OH excluding ortho intramolecular Hbond substituents is 1. The van der Waals surface area contributed by atoms with Gasteiger partial charge in [-0.25, -0.2) is 4.79 Å². The molecule has 10 heteroatoms. The fourth-order valence-corrected chi connectivity index (χ4v) is 6.11. The minimum atomic E-state index is -0.694. The van der Waals surface area contributed by atoms with Crippen molar-refractivity contribution in [2.45, 2.75) is 45.6 Å². The van der Waals surface area contributed by atoms with Gasteiger partial charge in [0, 0.05) is 23.1 Å². The van der Waals surface area contributed by atoms with E-state index in [1.54, 1.807) is 37.5 Å². The highest BCUT2D eigenvalue weighted by Gasteiger charge is 2.32. The maximum atomic E-state index is 12.9. The Hall–Kier alpha value is -6.29. The Morgan fingerprint density at radius 1 is 0.906 bits per heavy atom. The van der Waals surface area contributed by atoms with Crippen LogP contribution in [0.15, 0.2) is 112 Å². The summed E-state index contributed by atoms with van der Waals surface area (Å²) in [5, 5.41) is 21.2. The van der Waals surface area contributed by atoms with Crippen LogP contribution in [-0.4, -0.2) is 48.7 Å². The largest absolute Gasteiger partial charge is 0.508 e. The molecular formula is C43H42O10. The maximum absolute atomic E-state index is 12.9. The SMILES string of the molecule is C=CC(C1=CC(=O)C(OC)=CC1=O)c1ccc(OC)cc1.COc1c(CC=C(C)C)c2c(c3oc(=O)c(-c4ccc(O)cc4)c(O)c13)C=CC(C)(C)O2. The van der Waals surface area contributed by atoms with Gasteiger partial charge in [0.2, 0.25) is 5.78 Å². The van der Waals surface area contributed by atoms with Gasteiger partial charge in [-0.15, -0.1) is 6.58 Å². The Morgan fingerprint density at radius 3 is 2.17 bits per heavy atom. The standard InChI is InChI=1S/C26H26O6.C17H16O4/c1-14(2)6-11-17-22-18(12-13-26(3,4)32-22)24-20(23(17)30-5)21(28)19(25(29)31-24)15-7-9-16(27)10-8-15;1-4-13(11-5-7-12(20-2)8-6-11)14-9-16(19)17(21-3)10-15(14)18/h6-10,12-13,27-28H,11H2,1-5H3;4-10,13H,1H2,2-3H3. The molecule has 2 heterocycles. The predicted octanol–water partition coefficient (Wildman–Crippen LogP) is 8.15. The fraction of sp³-hybridized carbons (Fsp3) is 0.233. The van der Waals surface area contributed by atoms with Crippen molar-refractivity contribution in [3.8, 4) is 39.9 Å². The summed E-state index contributed by atoms with van der Waals surface area (Å²) < 4.78 is 27.8. The van der Waals surface area contributed by atoms with E-state index in [2.05, 4.69) is 12.7 Å². The van der Waals surface area contributed by atoms with Crippen LogP contribution in [0.5, 0.6) is 28.7 Å². The first-order valence-electron chi connectivity index (χ1n) is 16.8. The third kappa shape index (κ3) is 7.82. The molecule has 1 unspecified atom stereocenters. The number of carbonyl (C=O) groups excluding carboxylic acids is 2. The number of fused-ring (bicyclic) bond motifs is 3. The van der Waals surface area contributed by atoms with E-state index in [1.807, 2.05) is 52.0 Å². The van der Waals surface area contributed by atoms with E-state index in [9.17, 15) is 24.6 Å². The topological polar surface area (TPSA) is 142 Å². The average molecular weight is 719 g/mol. The summed E-state index contributed by atoms with van der Waals surface area (Å²) in [4.78, 5) is 37.0. The molecule has 1 atom stereocenters. The molecule has 53 heavy (non-hydrogen) atoms. The van der Waals surface area contributed by atoms with Crippen LogP contribution in [0.2, 0.25) is 0 Å². The van der Waals surface area contributed by atoms with Gasteiger partial charge in [0.1, 0.15) is 45.3 Å². The second kappa shape index (κ2) is 15.5. The van der Waals surface area contributed by atoms with E-state index < -0.39 is 11.2 Å². The average Bonchev–Trinajstić information content (AvgIpc) is 3.13. The molecule has 0 spiro atoms. The lowest BCUT2D eigenvalue weighted by molar-refractivity contribution is -0.117. The predicted molar refractivity (Wildman–Crippen MR) is 204 cm³/mol. The number of ether oxygens (including phenoxy) is 4. The number of methoxy groups -OCH3 is 3. The van der Waals surface area contributed by atoms with Crippen LogP contribution in [0.4, 0.5) is 0 Å². The molecule has 1 aliphatic carbocycles. The number of rotatable bonds is 9. The fourth-order valence-electron chi connectivity index (χ4n) is 6.11. The molecule has 0 saturated heterocycles. The highest BCUT2D eigenvalue weighted by Crippen LogP contribution is 2.49. The van der Waals surface area contributed by atoms with Gasteiger partial charge in [-0.2, -0.15) is 0 Å². The molecule has 0 saturated carbocycles. The van der Waals surface area contributed by atoms with Crippen molar-refractivity contribution >= 4 is 28.6 Å². The summed E-state index contributed by atoms with van der Waals surface area (Å²) in [7, 11) is 4.47. The van der Waals surface area contributed by atoms with Gasteiger partial charge in [0.25, 0.3) is 0 Å². The third-order valence-electron chi connectivity index (χ3n) is 8.80. The van der Waals surface area contributed by atoms with Crippen LogP contribution in [0.25, 0.3) is 28.2 Å². The smallest absolute Gasteiger partial charge is 0.348 e. The number of allylic oxidation sites excluding steroid dienone is 6. The van der Waals surface area contributed by atoms with Crippen molar-refractivity contribution in [2.24, 2.45) is 0 Å². The first kappa shape index (κ1) is 38.0. The van der Waals surface area contributed by atoms with Crippen molar-refractivity contribution in [2.75, 3.05) is 21.3 Å². The zero-order valence-electron chi connectivity index (χ0n) is 30.7. The lowest BCUT2D eigenvalue weighted by Crippen LogP contribution is -2.28. The minimum Gasteiger partial charge on any atom is -0.508 e. The van der Waals surface area contributed by atoms with Crippen molar-refractivity contribution in [3.63, 3.8) is 0 Å². The van der Waals surface area contributed by atoms with Gasteiger partial charge in [-0.1, -0.05) is 42.0 Å². The third-order valence-corrected chi connectivity index (χ3v) is 8.80. The van der Waals surface area contributed by atoms with Crippen molar-refractivity contribution in [1.29, 1.82) is 0 Å². The Labute approximate surface area is 307 Å². The van der Waals surface area contributed by atoms with Crippen LogP contribution < -0.4 is 19.8 Å². The molecule has 1 aliphatic heterocycles. The lowest BCUT2D eigenvalue weighted by Gasteiger charge is -2.31. The molecule has 274 valence electrons. The van der Waals surface area contributed by atoms with Crippen LogP contribution in [0, 0.1) is 0 Å². The van der Waals surface area contributed by atoms with Crippen LogP contribution in [0.1, 0.15) is 50.3 Å². The van der Waals surface area contributed by atoms with Gasteiger partial charge in [-0.05, 0) is 87.7 Å². The normalized spacial score (nSPS) is 14.8. The molecule has 0 fully saturated rings. The summed E-state index contributed by atoms with van der Waals surface area (Å²) in [6.07, 6.45) is 10.5. The Kier molecular flexibility index (Phi) is 11.1. The monoisotopic (exact) mass is 718 g/mol. The number of phenols is 1. The Bertz CT molecular complexity index is 2260. The van der Waals surface area contributed by atoms with Gasteiger partial charge < -0.3 is 33.6 Å². The van der Waals surface area contributed by atoms with Crippen molar-refractivity contribution in [1.82, 2.24) is 0 Å². The van der Waals surface area contributed by atoms with E-state index in [4.69, 9.17) is 23.4 Å². The number of hydrogen-bond donors (Lipinski definition) is 2. The van der Waals surface area contributed by atoms with Crippen LogP contribution >= 0.6 is 0 Å². The first-order valence-corrected chi connectivity index (χ1v) is 16.8. The summed E-state index contributed by atoms with van der Waals surface area (Å²) in [5.41, 5.74) is 3.11. The van der Waals surface area contributed by atoms with Crippen LogP contribution in [-0.2, 0) is 20.7 Å². The summed E-state index contributed by atoms with van der Waals surface area (Å²) in [5.74, 6) is 0.659. The molecule has 3 aromatic carbocycles. The quantitative estimate of drug-likeness (QED) is 0.0989. The molecule has 10 nitrogen and oxygen atoms in total. The van der Waals surface area contributed by atoms with E-state index in [1.165, 1.54) is 38.5 Å². The highest BCUT2D eigenvalue weighted by molar-refractivity contribution is 6.19. The zero-order chi connectivity index (χ0) is 38.6. The summed E-state index contributed by atoms with van der Waals surface area (Å²) in [6, 6.07) is 13.3. The molecular weight excluding hydrogens is 676 g/mol. The van der Waals surface area contributed by atoms with E-state index in [0.717, 1.165) is 22.4 Å². The maximum Gasteiger partial charge on any atom is 0.348 e.